The van der Waals surface area contributed by atoms with Crippen molar-refractivity contribution in [2.45, 2.75) is 18.0 Å². The highest BCUT2D eigenvalue weighted by Crippen LogP contribution is 2.23. The second-order valence-corrected chi connectivity index (χ2v) is 4.57. The van der Waals surface area contributed by atoms with Crippen LogP contribution in [0, 0.1) is 0 Å². The molecule has 0 unspecified atom stereocenters. The molecule has 0 amide bonds. The zero-order chi connectivity index (χ0) is 9.97. The number of aromatic amines is 1. The maximum atomic E-state index is 5.70. The maximum absolute atomic E-state index is 5.70. The number of hydrogen-bond donors (Lipinski definition) is 2. The minimum absolute atomic E-state index is 0.242. The molecule has 1 aromatic heterocycles. The molecule has 0 saturated carbocycles. The van der Waals surface area contributed by atoms with Crippen molar-refractivity contribution in [2.75, 3.05) is 5.75 Å². The van der Waals surface area contributed by atoms with Gasteiger partial charge in [0.05, 0.1) is 5.03 Å². The largest absolute Gasteiger partial charge is 0.350 e. The first-order valence-electron chi connectivity index (χ1n) is 4.72. The number of nitrogens with two attached hydrogens (primary N) is 1. The Morgan fingerprint density at radius 3 is 2.93 bits per heavy atom. The van der Waals surface area contributed by atoms with Gasteiger partial charge >= 0.3 is 0 Å². The van der Waals surface area contributed by atoms with Gasteiger partial charge in [0.15, 0.2) is 0 Å². The van der Waals surface area contributed by atoms with E-state index in [9.17, 15) is 0 Å². The Hall–Kier alpha value is -0.930. The fourth-order valence-corrected chi connectivity index (χ4v) is 2.18. The molecule has 0 aliphatic carbocycles. The van der Waals surface area contributed by atoms with Crippen LogP contribution in [-0.2, 0) is 0 Å². The van der Waals surface area contributed by atoms with E-state index in [1.165, 1.54) is 15.9 Å². The first-order valence-corrected chi connectivity index (χ1v) is 5.70. The lowest BCUT2D eigenvalue weighted by Crippen LogP contribution is -2.17. The number of benzene rings is 1. The third-order valence-corrected chi connectivity index (χ3v) is 3.23. The summed E-state index contributed by atoms with van der Waals surface area (Å²) in [6.07, 6.45) is 0. The Balaban J connectivity index is 2.19. The van der Waals surface area contributed by atoms with Crippen LogP contribution in [0.2, 0.25) is 0 Å². The quantitative estimate of drug-likeness (QED) is 0.758. The highest BCUT2D eigenvalue weighted by atomic mass is 32.2. The summed E-state index contributed by atoms with van der Waals surface area (Å²) in [6, 6.07) is 10.7. The molecule has 0 fully saturated rings. The van der Waals surface area contributed by atoms with Gasteiger partial charge in [0.2, 0.25) is 0 Å². The van der Waals surface area contributed by atoms with Crippen LogP contribution >= 0.6 is 11.8 Å². The van der Waals surface area contributed by atoms with Crippen LogP contribution < -0.4 is 5.73 Å². The van der Waals surface area contributed by atoms with Gasteiger partial charge < -0.3 is 10.7 Å². The van der Waals surface area contributed by atoms with Gasteiger partial charge in [0, 0.05) is 22.7 Å². The van der Waals surface area contributed by atoms with Crippen LogP contribution in [0.5, 0.6) is 0 Å². The minimum atomic E-state index is 0.242. The lowest BCUT2D eigenvalue weighted by atomic mass is 10.3. The molecule has 0 spiro atoms. The average molecular weight is 206 g/mol. The van der Waals surface area contributed by atoms with E-state index >= 15 is 0 Å². The molecule has 1 heterocycles. The molecule has 0 saturated heterocycles. The molecule has 0 bridgehead atoms. The Kier molecular flexibility index (Phi) is 2.79. The fourth-order valence-electron chi connectivity index (χ4n) is 1.35. The Morgan fingerprint density at radius 2 is 2.21 bits per heavy atom. The van der Waals surface area contributed by atoms with Crippen molar-refractivity contribution in [3.63, 3.8) is 0 Å². The highest BCUT2D eigenvalue weighted by Gasteiger charge is 2.01. The van der Waals surface area contributed by atoms with Gasteiger partial charge in [-0.2, -0.15) is 0 Å². The molecule has 2 aromatic rings. The van der Waals surface area contributed by atoms with Gasteiger partial charge in [0.1, 0.15) is 0 Å². The normalized spacial score (nSPS) is 13.3. The molecule has 1 atom stereocenters. The first kappa shape index (κ1) is 9.62. The molecule has 1 aromatic carbocycles. The summed E-state index contributed by atoms with van der Waals surface area (Å²) in [5.41, 5.74) is 6.89. The van der Waals surface area contributed by atoms with E-state index in [4.69, 9.17) is 5.73 Å². The van der Waals surface area contributed by atoms with Gasteiger partial charge in [-0.1, -0.05) is 18.2 Å². The molecule has 0 aliphatic heterocycles. The summed E-state index contributed by atoms with van der Waals surface area (Å²) >= 11 is 1.77. The summed E-state index contributed by atoms with van der Waals surface area (Å²) in [4.78, 5) is 3.36. The topological polar surface area (TPSA) is 41.8 Å². The first-order chi connectivity index (χ1) is 6.75. The van der Waals surface area contributed by atoms with E-state index in [-0.39, 0.29) is 6.04 Å². The number of aromatic nitrogens is 1. The van der Waals surface area contributed by atoms with E-state index in [0.717, 1.165) is 5.75 Å². The van der Waals surface area contributed by atoms with Gasteiger partial charge in [0.25, 0.3) is 0 Å². The number of hydrogen-bond acceptors (Lipinski definition) is 2. The zero-order valence-corrected chi connectivity index (χ0v) is 8.97. The second kappa shape index (κ2) is 4.07. The number of fused-ring (bicyclic) bond motifs is 1. The third-order valence-electron chi connectivity index (χ3n) is 2.01. The van der Waals surface area contributed by atoms with E-state index in [2.05, 4.69) is 29.2 Å². The zero-order valence-electron chi connectivity index (χ0n) is 8.16. The van der Waals surface area contributed by atoms with Crippen molar-refractivity contribution in [3.8, 4) is 0 Å². The predicted molar refractivity (Wildman–Crippen MR) is 62.7 cm³/mol. The SMILES string of the molecule is C[C@H](N)CSc1cc2ccccc2[nH]1. The van der Waals surface area contributed by atoms with Crippen LogP contribution in [0.4, 0.5) is 0 Å². The standard InChI is InChI=1S/C11H14N2S/c1-8(12)7-14-11-6-9-4-2-3-5-10(9)13-11/h2-6,8,13H,7,12H2,1H3/t8-/m0/s1. The van der Waals surface area contributed by atoms with Crippen molar-refractivity contribution >= 4 is 22.7 Å². The van der Waals surface area contributed by atoms with Crippen molar-refractivity contribution in [3.05, 3.63) is 30.3 Å². The van der Waals surface area contributed by atoms with Gasteiger partial charge in [-0.05, 0) is 19.1 Å². The van der Waals surface area contributed by atoms with Gasteiger partial charge in [-0.25, -0.2) is 0 Å². The molecule has 2 rings (SSSR count). The Bertz CT molecular complexity index is 387. The van der Waals surface area contributed by atoms with Crippen LogP contribution in [0.1, 0.15) is 6.92 Å². The number of H-pyrrole nitrogens is 1. The fraction of sp³-hybridized carbons (Fsp3) is 0.273. The molecule has 2 nitrogen and oxygen atoms in total. The monoisotopic (exact) mass is 206 g/mol. The lowest BCUT2D eigenvalue weighted by molar-refractivity contribution is 0.846. The van der Waals surface area contributed by atoms with Crippen LogP contribution in [0.25, 0.3) is 10.9 Å². The van der Waals surface area contributed by atoms with E-state index < -0.39 is 0 Å². The van der Waals surface area contributed by atoms with Crippen molar-refractivity contribution in [2.24, 2.45) is 5.73 Å². The molecule has 0 radical (unpaired) electrons. The maximum Gasteiger partial charge on any atom is 0.0733 e. The molecular weight excluding hydrogens is 192 g/mol. The van der Waals surface area contributed by atoms with E-state index in [1.54, 1.807) is 11.8 Å². The van der Waals surface area contributed by atoms with Gasteiger partial charge in [-0.15, -0.1) is 11.8 Å². The molecule has 3 N–H and O–H groups in total. The van der Waals surface area contributed by atoms with E-state index in [1.807, 2.05) is 13.0 Å². The molecule has 74 valence electrons. The molecule has 3 heteroatoms. The van der Waals surface area contributed by atoms with Crippen LogP contribution in [0.3, 0.4) is 0 Å². The van der Waals surface area contributed by atoms with Gasteiger partial charge in [-0.3, -0.25) is 0 Å². The smallest absolute Gasteiger partial charge is 0.0733 e. The summed E-state index contributed by atoms with van der Waals surface area (Å²) in [5.74, 6) is 0.951. The third kappa shape index (κ3) is 2.11. The Labute approximate surface area is 87.9 Å². The summed E-state index contributed by atoms with van der Waals surface area (Å²) in [7, 11) is 0. The number of thioether (sulfide) groups is 1. The average Bonchev–Trinajstić information content (AvgIpc) is 2.57. The number of para-hydroxylation sites is 1. The minimum Gasteiger partial charge on any atom is -0.350 e. The molecule has 14 heavy (non-hydrogen) atoms. The lowest BCUT2D eigenvalue weighted by Gasteiger charge is -2.01. The van der Waals surface area contributed by atoms with Crippen molar-refractivity contribution < 1.29 is 0 Å². The predicted octanol–water partition coefficient (Wildman–Crippen LogP) is 2.61. The molecule has 0 aliphatic rings. The van der Waals surface area contributed by atoms with Crippen LogP contribution in [0.15, 0.2) is 35.4 Å². The summed E-state index contributed by atoms with van der Waals surface area (Å²) < 4.78 is 0. The van der Waals surface area contributed by atoms with Crippen molar-refractivity contribution in [1.82, 2.24) is 4.98 Å². The summed E-state index contributed by atoms with van der Waals surface area (Å²) in [5, 5.41) is 2.46. The second-order valence-electron chi connectivity index (χ2n) is 3.51. The number of nitrogens with one attached hydrogen (secondary N) is 1. The van der Waals surface area contributed by atoms with Crippen molar-refractivity contribution in [1.29, 1.82) is 0 Å². The van der Waals surface area contributed by atoms with E-state index in [0.29, 0.717) is 0 Å². The highest BCUT2D eigenvalue weighted by molar-refractivity contribution is 7.99. The number of rotatable bonds is 3. The molecular formula is C11H14N2S. The van der Waals surface area contributed by atoms with Crippen LogP contribution in [-0.4, -0.2) is 16.8 Å². The summed E-state index contributed by atoms with van der Waals surface area (Å²) in [6.45, 7) is 2.02. The Morgan fingerprint density at radius 1 is 1.43 bits per heavy atom.